The lowest BCUT2D eigenvalue weighted by atomic mass is 10.1. The predicted octanol–water partition coefficient (Wildman–Crippen LogP) is 1.43. The van der Waals surface area contributed by atoms with Gasteiger partial charge in [0.2, 0.25) is 5.91 Å². The zero-order chi connectivity index (χ0) is 24.2. The van der Waals surface area contributed by atoms with Crippen LogP contribution in [0.25, 0.3) is 0 Å². The molecule has 0 saturated carbocycles. The molecule has 2 atom stereocenters. The second kappa shape index (κ2) is 10.1. The maximum absolute atomic E-state index is 13.3. The summed E-state index contributed by atoms with van der Waals surface area (Å²) in [6.45, 7) is 1.71. The molecule has 2 aromatic rings. The smallest absolute Gasteiger partial charge is 0.221 e. The van der Waals surface area contributed by atoms with Gasteiger partial charge >= 0.3 is 0 Å². The first-order valence-corrected chi connectivity index (χ1v) is 13.7. The largest absolute Gasteiger partial charge is 0.497 e. The Hall–Kier alpha value is -2.63. The van der Waals surface area contributed by atoms with E-state index in [1.54, 1.807) is 26.4 Å². The van der Waals surface area contributed by atoms with Crippen molar-refractivity contribution in [3.63, 3.8) is 0 Å². The molecule has 1 aliphatic rings. The molecule has 1 aliphatic heterocycles. The van der Waals surface area contributed by atoms with Gasteiger partial charge in [-0.25, -0.2) is 16.8 Å². The Morgan fingerprint density at radius 2 is 1.76 bits per heavy atom. The third kappa shape index (κ3) is 6.04. The molecule has 1 fully saturated rings. The van der Waals surface area contributed by atoms with Crippen LogP contribution in [-0.2, 0) is 30.9 Å². The molecule has 0 spiro atoms. The fourth-order valence-electron chi connectivity index (χ4n) is 3.89. The fourth-order valence-corrected chi connectivity index (χ4v) is 8.60. The van der Waals surface area contributed by atoms with E-state index in [4.69, 9.17) is 9.47 Å². The molecule has 1 heterocycles. The molecule has 11 heteroatoms. The van der Waals surface area contributed by atoms with Gasteiger partial charge in [-0.05, 0) is 61.0 Å². The maximum Gasteiger partial charge on any atom is 0.221 e. The van der Waals surface area contributed by atoms with Crippen LogP contribution in [0.1, 0.15) is 12.5 Å². The minimum absolute atomic E-state index is 0.0139. The second-order valence-corrected chi connectivity index (χ2v) is 12.2. The Bertz CT molecular complexity index is 1210. The van der Waals surface area contributed by atoms with Crippen LogP contribution in [0.15, 0.2) is 47.4 Å². The average Bonchev–Trinajstić information content (AvgIpc) is 3.08. The highest BCUT2D eigenvalue weighted by atomic mass is 32.2. The van der Waals surface area contributed by atoms with Gasteiger partial charge in [-0.3, -0.25) is 4.79 Å². The number of nitrogens with one attached hydrogen (secondary N) is 2. The molecular formula is C22H28N2O7S2. The van der Waals surface area contributed by atoms with E-state index in [0.29, 0.717) is 30.2 Å². The molecule has 1 saturated heterocycles. The second-order valence-electron chi connectivity index (χ2n) is 7.85. The lowest BCUT2D eigenvalue weighted by molar-refractivity contribution is -0.114. The van der Waals surface area contributed by atoms with Crippen molar-refractivity contribution in [2.45, 2.75) is 29.5 Å². The van der Waals surface area contributed by atoms with E-state index in [1.165, 1.54) is 31.2 Å². The molecule has 0 aliphatic carbocycles. The third-order valence-electron chi connectivity index (χ3n) is 5.49. The zero-order valence-corrected chi connectivity index (χ0v) is 20.3. The van der Waals surface area contributed by atoms with Crippen LogP contribution < -0.4 is 20.1 Å². The molecule has 33 heavy (non-hydrogen) atoms. The van der Waals surface area contributed by atoms with Gasteiger partial charge in [-0.1, -0.05) is 0 Å². The fraction of sp³-hybridized carbons (Fsp3) is 0.409. The van der Waals surface area contributed by atoms with Gasteiger partial charge in [-0.15, -0.1) is 0 Å². The summed E-state index contributed by atoms with van der Waals surface area (Å²) in [5.41, 5.74) is 1.32. The van der Waals surface area contributed by atoms with Crippen molar-refractivity contribution >= 4 is 31.3 Å². The van der Waals surface area contributed by atoms with E-state index >= 15 is 0 Å². The summed E-state index contributed by atoms with van der Waals surface area (Å²) in [5.74, 6) is 0.362. The highest BCUT2D eigenvalue weighted by molar-refractivity contribution is 7.96. The Morgan fingerprint density at radius 3 is 2.36 bits per heavy atom. The summed E-state index contributed by atoms with van der Waals surface area (Å²) < 4.78 is 61.8. The van der Waals surface area contributed by atoms with Crippen molar-refractivity contribution in [2.75, 3.05) is 37.6 Å². The topological polar surface area (TPSA) is 128 Å². The number of methoxy groups -OCH3 is 2. The molecule has 3 rings (SSSR count). The number of hydrogen-bond donors (Lipinski definition) is 2. The number of carbonyl (C=O) groups excluding carboxylic acids is 1. The number of hydrogen-bond acceptors (Lipinski definition) is 8. The first-order chi connectivity index (χ1) is 15.6. The number of rotatable bonds is 9. The highest BCUT2D eigenvalue weighted by Gasteiger charge is 2.45. The van der Waals surface area contributed by atoms with Gasteiger partial charge in [0.05, 0.1) is 35.9 Å². The Kier molecular flexibility index (Phi) is 7.65. The van der Waals surface area contributed by atoms with Crippen LogP contribution >= 0.6 is 0 Å². The summed E-state index contributed by atoms with van der Waals surface area (Å²) in [6, 6.07) is 10.4. The maximum atomic E-state index is 13.3. The SMILES string of the molecule is COc1ccc(OC)c(CCN[C@H]2CS(=O)(=O)C[C@@H]2S(=O)(=O)c2ccc(NC(C)=O)cc2)c1. The molecule has 1 amide bonds. The lowest BCUT2D eigenvalue weighted by Gasteiger charge is -2.20. The summed E-state index contributed by atoms with van der Waals surface area (Å²) in [7, 11) is -4.32. The first kappa shape index (κ1) is 25.0. The van der Waals surface area contributed by atoms with E-state index in [-0.39, 0.29) is 16.6 Å². The quantitative estimate of drug-likeness (QED) is 0.534. The molecule has 0 aromatic heterocycles. The Balaban J connectivity index is 1.76. The zero-order valence-electron chi connectivity index (χ0n) is 18.7. The van der Waals surface area contributed by atoms with Gasteiger partial charge in [0, 0.05) is 18.7 Å². The molecule has 9 nitrogen and oxygen atoms in total. The predicted molar refractivity (Wildman–Crippen MR) is 125 cm³/mol. The Morgan fingerprint density at radius 1 is 1.06 bits per heavy atom. The van der Waals surface area contributed by atoms with E-state index in [1.807, 2.05) is 6.07 Å². The number of benzene rings is 2. The minimum Gasteiger partial charge on any atom is -0.497 e. The van der Waals surface area contributed by atoms with Crippen LogP contribution in [0.5, 0.6) is 11.5 Å². The highest BCUT2D eigenvalue weighted by Crippen LogP contribution is 2.28. The van der Waals surface area contributed by atoms with E-state index in [0.717, 1.165) is 5.56 Å². The first-order valence-electron chi connectivity index (χ1n) is 10.3. The van der Waals surface area contributed by atoms with E-state index in [9.17, 15) is 21.6 Å². The van der Waals surface area contributed by atoms with Crippen LogP contribution in [0.3, 0.4) is 0 Å². The van der Waals surface area contributed by atoms with Crippen LogP contribution in [0.2, 0.25) is 0 Å². The van der Waals surface area contributed by atoms with Gasteiger partial charge < -0.3 is 20.1 Å². The van der Waals surface area contributed by atoms with Gasteiger partial charge in [0.25, 0.3) is 0 Å². The van der Waals surface area contributed by atoms with E-state index < -0.39 is 36.7 Å². The van der Waals surface area contributed by atoms with Crippen LogP contribution in [0.4, 0.5) is 5.69 Å². The average molecular weight is 497 g/mol. The van der Waals surface area contributed by atoms with Crippen LogP contribution in [-0.4, -0.2) is 66.3 Å². The molecule has 2 aromatic carbocycles. The number of anilines is 1. The van der Waals surface area contributed by atoms with Crippen molar-refractivity contribution < 1.29 is 31.1 Å². The van der Waals surface area contributed by atoms with Crippen molar-refractivity contribution in [3.05, 3.63) is 48.0 Å². The summed E-state index contributed by atoms with van der Waals surface area (Å²) in [6.07, 6.45) is 0.495. The summed E-state index contributed by atoms with van der Waals surface area (Å²) in [4.78, 5) is 11.2. The van der Waals surface area contributed by atoms with Crippen molar-refractivity contribution in [3.8, 4) is 11.5 Å². The number of amides is 1. The summed E-state index contributed by atoms with van der Waals surface area (Å²) in [5, 5.41) is 4.59. The number of sulfone groups is 2. The van der Waals surface area contributed by atoms with Gasteiger partial charge in [0.1, 0.15) is 11.5 Å². The van der Waals surface area contributed by atoms with Gasteiger partial charge in [0.15, 0.2) is 19.7 Å². The van der Waals surface area contributed by atoms with Crippen LogP contribution in [0, 0.1) is 0 Å². The van der Waals surface area contributed by atoms with Crippen molar-refractivity contribution in [1.29, 1.82) is 0 Å². The standard InChI is InChI=1S/C22H28N2O7S2/c1-15(25)24-17-4-7-19(8-5-17)33(28,29)22-14-32(26,27)13-20(22)23-11-10-16-12-18(30-2)6-9-21(16)31-3/h4-9,12,20,22-23H,10-11,13-14H2,1-3H3,(H,24,25)/t20-,22-/m0/s1. The molecular weight excluding hydrogens is 468 g/mol. The molecule has 0 unspecified atom stereocenters. The number of ether oxygens (including phenoxy) is 2. The van der Waals surface area contributed by atoms with Gasteiger partial charge in [-0.2, -0.15) is 0 Å². The van der Waals surface area contributed by atoms with E-state index in [2.05, 4.69) is 10.6 Å². The molecule has 180 valence electrons. The molecule has 0 bridgehead atoms. The normalized spacial score (nSPS) is 19.7. The summed E-state index contributed by atoms with van der Waals surface area (Å²) >= 11 is 0. The molecule has 0 radical (unpaired) electrons. The monoisotopic (exact) mass is 496 g/mol. The number of carbonyl (C=O) groups is 1. The molecule has 2 N–H and O–H groups in total. The lowest BCUT2D eigenvalue weighted by Crippen LogP contribution is -2.44. The van der Waals surface area contributed by atoms with Crippen molar-refractivity contribution in [1.82, 2.24) is 5.32 Å². The Labute approximate surface area is 194 Å². The van der Waals surface area contributed by atoms with Crippen molar-refractivity contribution in [2.24, 2.45) is 0 Å². The minimum atomic E-state index is -3.92. The third-order valence-corrected chi connectivity index (χ3v) is 9.66.